The quantitative estimate of drug-likeness (QED) is 0.585. The van der Waals surface area contributed by atoms with E-state index in [1.54, 1.807) is 12.1 Å². The van der Waals surface area contributed by atoms with Gasteiger partial charge in [-0.1, -0.05) is 6.92 Å². The van der Waals surface area contributed by atoms with Crippen LogP contribution in [0.25, 0.3) is 0 Å². The molecule has 1 heterocycles. The summed E-state index contributed by atoms with van der Waals surface area (Å²) in [6, 6.07) is 3.46. The zero-order valence-corrected chi connectivity index (χ0v) is 8.10. The van der Waals surface area contributed by atoms with Crippen molar-refractivity contribution in [3.05, 3.63) is 24.2 Å². The number of rotatable bonds is 4. The van der Waals surface area contributed by atoms with Gasteiger partial charge in [0.2, 0.25) is 0 Å². The topological polar surface area (TPSA) is 67.5 Å². The van der Waals surface area contributed by atoms with Gasteiger partial charge in [0.15, 0.2) is 12.1 Å². The SMILES string of the molecule is CCCC(=O)C=O.OCc1ccco1. The summed E-state index contributed by atoms with van der Waals surface area (Å²) in [5.74, 6) is 0.308. The second-order valence-corrected chi connectivity index (χ2v) is 2.57. The Bertz CT molecular complexity index is 251. The lowest BCUT2D eigenvalue weighted by molar-refractivity contribution is -0.129. The lowest BCUT2D eigenvalue weighted by Crippen LogP contribution is -1.95. The van der Waals surface area contributed by atoms with E-state index in [1.807, 2.05) is 6.92 Å². The van der Waals surface area contributed by atoms with Crippen molar-refractivity contribution < 1.29 is 19.1 Å². The van der Waals surface area contributed by atoms with Crippen molar-refractivity contribution in [3.63, 3.8) is 0 Å². The minimum Gasteiger partial charge on any atom is -0.467 e. The number of hydrogen-bond donors (Lipinski definition) is 1. The molecule has 1 N–H and O–H groups in total. The Balaban J connectivity index is 0.000000241. The summed E-state index contributed by atoms with van der Waals surface area (Å²) in [5, 5.41) is 8.33. The summed E-state index contributed by atoms with van der Waals surface area (Å²) in [6.07, 6.45) is 3.05. The molecule has 0 radical (unpaired) electrons. The fourth-order valence-electron chi connectivity index (χ4n) is 0.708. The van der Waals surface area contributed by atoms with Crippen LogP contribution in [-0.2, 0) is 16.2 Å². The van der Waals surface area contributed by atoms with Crippen molar-refractivity contribution in [2.24, 2.45) is 0 Å². The average Bonchev–Trinajstić information content (AvgIpc) is 2.71. The van der Waals surface area contributed by atoms with Crippen molar-refractivity contribution in [3.8, 4) is 0 Å². The number of carbonyl (C=O) groups excluding carboxylic acids is 2. The molecule has 1 aromatic rings. The molecular weight excluding hydrogens is 184 g/mol. The maximum absolute atomic E-state index is 10.0. The van der Waals surface area contributed by atoms with Crippen LogP contribution < -0.4 is 0 Å². The largest absolute Gasteiger partial charge is 0.467 e. The molecule has 0 aromatic carbocycles. The Kier molecular flexibility index (Phi) is 7.36. The lowest BCUT2D eigenvalue weighted by Gasteiger charge is -1.79. The standard InChI is InChI=1S/C5H6O2.C5H8O2/c6-4-5-2-1-3-7-5;1-2-3-5(7)4-6/h1-3,6H,4H2;4H,2-3H2,1H3. The molecule has 0 bridgehead atoms. The van der Waals surface area contributed by atoms with Gasteiger partial charge >= 0.3 is 0 Å². The van der Waals surface area contributed by atoms with E-state index in [9.17, 15) is 9.59 Å². The summed E-state index contributed by atoms with van der Waals surface area (Å²) in [6.45, 7) is 1.86. The predicted octanol–water partition coefficient (Wildman–Crippen LogP) is 1.33. The fraction of sp³-hybridized carbons (Fsp3) is 0.400. The van der Waals surface area contributed by atoms with Crippen LogP contribution in [0.15, 0.2) is 22.8 Å². The molecule has 0 atom stereocenters. The van der Waals surface area contributed by atoms with Gasteiger partial charge in [-0.15, -0.1) is 0 Å². The minimum absolute atomic E-state index is 0.00694. The van der Waals surface area contributed by atoms with Gasteiger partial charge in [0.05, 0.1) is 6.26 Å². The van der Waals surface area contributed by atoms with E-state index in [1.165, 1.54) is 6.26 Å². The molecule has 0 spiro atoms. The molecular formula is C10H14O4. The smallest absolute Gasteiger partial charge is 0.195 e. The maximum Gasteiger partial charge on any atom is 0.195 e. The number of hydrogen-bond acceptors (Lipinski definition) is 4. The molecule has 0 amide bonds. The van der Waals surface area contributed by atoms with Gasteiger partial charge in [0, 0.05) is 6.42 Å². The molecule has 78 valence electrons. The van der Waals surface area contributed by atoms with E-state index in [2.05, 4.69) is 0 Å². The van der Waals surface area contributed by atoms with Crippen LogP contribution in [0, 0.1) is 0 Å². The van der Waals surface area contributed by atoms with Crippen LogP contribution >= 0.6 is 0 Å². The summed E-state index contributed by atoms with van der Waals surface area (Å²) < 4.78 is 4.73. The van der Waals surface area contributed by atoms with Crippen LogP contribution in [0.3, 0.4) is 0 Å². The summed E-state index contributed by atoms with van der Waals surface area (Å²) in [4.78, 5) is 19.6. The van der Waals surface area contributed by atoms with Crippen molar-refractivity contribution in [1.29, 1.82) is 0 Å². The molecule has 1 rings (SSSR count). The van der Waals surface area contributed by atoms with Crippen molar-refractivity contribution in [1.82, 2.24) is 0 Å². The predicted molar refractivity (Wildman–Crippen MR) is 50.6 cm³/mol. The maximum atomic E-state index is 10.0. The number of aliphatic hydroxyl groups is 1. The molecule has 0 aliphatic rings. The first-order valence-electron chi connectivity index (χ1n) is 4.35. The van der Waals surface area contributed by atoms with E-state index >= 15 is 0 Å². The lowest BCUT2D eigenvalue weighted by atomic mass is 10.2. The molecule has 0 aliphatic heterocycles. The molecule has 4 heteroatoms. The van der Waals surface area contributed by atoms with E-state index in [0.29, 0.717) is 18.5 Å². The third kappa shape index (κ3) is 6.14. The van der Waals surface area contributed by atoms with Gasteiger partial charge in [0.1, 0.15) is 12.4 Å². The highest BCUT2D eigenvalue weighted by Gasteiger charge is 1.92. The molecule has 0 saturated carbocycles. The molecule has 0 unspecified atom stereocenters. The van der Waals surface area contributed by atoms with Crippen LogP contribution in [-0.4, -0.2) is 17.2 Å². The van der Waals surface area contributed by atoms with Crippen LogP contribution in [0.4, 0.5) is 0 Å². The Morgan fingerprint density at radius 3 is 2.57 bits per heavy atom. The molecule has 1 aromatic heterocycles. The highest BCUT2D eigenvalue weighted by Crippen LogP contribution is 1.96. The van der Waals surface area contributed by atoms with Gasteiger partial charge in [-0.2, -0.15) is 0 Å². The third-order valence-electron chi connectivity index (χ3n) is 1.36. The van der Waals surface area contributed by atoms with Gasteiger partial charge in [-0.25, -0.2) is 0 Å². The second-order valence-electron chi connectivity index (χ2n) is 2.57. The first-order valence-corrected chi connectivity index (χ1v) is 4.35. The van der Waals surface area contributed by atoms with E-state index < -0.39 is 0 Å². The highest BCUT2D eigenvalue weighted by atomic mass is 16.4. The summed E-state index contributed by atoms with van der Waals surface area (Å²) in [5.41, 5.74) is 0. The zero-order chi connectivity index (χ0) is 10.8. The summed E-state index contributed by atoms with van der Waals surface area (Å²) in [7, 11) is 0. The Morgan fingerprint density at radius 1 is 1.64 bits per heavy atom. The summed E-state index contributed by atoms with van der Waals surface area (Å²) >= 11 is 0. The molecule has 4 nitrogen and oxygen atoms in total. The minimum atomic E-state index is -0.303. The molecule has 14 heavy (non-hydrogen) atoms. The van der Waals surface area contributed by atoms with Gasteiger partial charge in [-0.3, -0.25) is 9.59 Å². The first-order chi connectivity index (χ1) is 6.74. The van der Waals surface area contributed by atoms with Crippen LogP contribution in [0.2, 0.25) is 0 Å². The number of ketones is 1. The van der Waals surface area contributed by atoms with Gasteiger partial charge in [0.25, 0.3) is 0 Å². The molecule has 0 saturated heterocycles. The van der Waals surface area contributed by atoms with E-state index in [-0.39, 0.29) is 12.4 Å². The zero-order valence-electron chi connectivity index (χ0n) is 8.10. The molecule has 0 fully saturated rings. The number of aliphatic hydroxyl groups excluding tert-OH is 1. The van der Waals surface area contributed by atoms with Crippen LogP contribution in [0.5, 0.6) is 0 Å². The van der Waals surface area contributed by atoms with E-state index in [4.69, 9.17) is 9.52 Å². The number of Topliss-reactive ketones (excluding diaryl/α,β-unsaturated/α-hetero) is 1. The van der Waals surface area contributed by atoms with Crippen molar-refractivity contribution >= 4 is 12.1 Å². The Morgan fingerprint density at radius 2 is 2.36 bits per heavy atom. The highest BCUT2D eigenvalue weighted by molar-refractivity contribution is 6.24. The number of aldehydes is 1. The Labute approximate surface area is 82.5 Å². The number of furan rings is 1. The second kappa shape index (κ2) is 8.19. The number of carbonyl (C=O) groups is 2. The normalized spacial score (nSPS) is 8.71. The van der Waals surface area contributed by atoms with E-state index in [0.717, 1.165) is 6.42 Å². The van der Waals surface area contributed by atoms with Gasteiger partial charge in [-0.05, 0) is 18.6 Å². The monoisotopic (exact) mass is 198 g/mol. The molecule has 0 aliphatic carbocycles. The Hall–Kier alpha value is -1.42. The third-order valence-corrected chi connectivity index (χ3v) is 1.36. The van der Waals surface area contributed by atoms with Crippen molar-refractivity contribution in [2.75, 3.05) is 0 Å². The average molecular weight is 198 g/mol. The van der Waals surface area contributed by atoms with Gasteiger partial charge < -0.3 is 9.52 Å². The van der Waals surface area contributed by atoms with Crippen LogP contribution in [0.1, 0.15) is 25.5 Å². The first kappa shape index (κ1) is 12.6. The van der Waals surface area contributed by atoms with Crippen molar-refractivity contribution in [2.45, 2.75) is 26.4 Å². The fourth-order valence-corrected chi connectivity index (χ4v) is 0.708.